The molecule has 5 rings (SSSR count). The standard InChI is InChI=1S/C26H30N4O4/c1-17-8-9-20-22(13-17)28-24(21-6-2-3-7-23(21)31)29-25(20)30-11-4-5-18(15-30)14-27-26(32)34-19-10-12-33-16-19/h2-3,6-9,13,18-19,31H,4-5,10-12,14-16H2,1H3,(H,27,32)/p+1/t18-,19+/m1/s1. The Morgan fingerprint density at radius 2 is 2.09 bits per heavy atom. The second-order valence-electron chi connectivity index (χ2n) is 9.15. The van der Waals surface area contributed by atoms with Crippen molar-refractivity contribution in [3.05, 3.63) is 48.0 Å². The molecule has 0 unspecified atom stereocenters. The lowest BCUT2D eigenvalue weighted by atomic mass is 9.97. The van der Waals surface area contributed by atoms with E-state index in [0.717, 1.165) is 54.6 Å². The summed E-state index contributed by atoms with van der Waals surface area (Å²) < 4.78 is 10.8. The zero-order valence-electron chi connectivity index (χ0n) is 19.4. The highest BCUT2D eigenvalue weighted by Crippen LogP contribution is 2.33. The zero-order valence-corrected chi connectivity index (χ0v) is 19.4. The normalized spacial score (nSPS) is 21.2. The highest BCUT2D eigenvalue weighted by Gasteiger charge is 2.27. The molecular formula is C26H31N4O4+. The summed E-state index contributed by atoms with van der Waals surface area (Å²) in [5.74, 6) is 1.88. The number of anilines is 1. The predicted molar refractivity (Wildman–Crippen MR) is 130 cm³/mol. The van der Waals surface area contributed by atoms with Crippen LogP contribution in [0.25, 0.3) is 22.3 Å². The molecule has 0 radical (unpaired) electrons. The van der Waals surface area contributed by atoms with Gasteiger partial charge in [-0.15, -0.1) is 0 Å². The van der Waals surface area contributed by atoms with E-state index >= 15 is 0 Å². The van der Waals surface area contributed by atoms with Crippen LogP contribution in [0.3, 0.4) is 0 Å². The Balaban J connectivity index is 1.40. The van der Waals surface area contributed by atoms with Crippen molar-refractivity contribution in [2.24, 2.45) is 5.92 Å². The number of aromatic hydroxyl groups is 1. The molecule has 2 atom stereocenters. The Hall–Kier alpha value is -3.39. The first-order valence-electron chi connectivity index (χ1n) is 11.9. The molecule has 3 N–H and O–H groups in total. The van der Waals surface area contributed by atoms with Gasteiger partial charge in [0, 0.05) is 30.8 Å². The molecule has 2 aliphatic rings. The van der Waals surface area contributed by atoms with E-state index < -0.39 is 0 Å². The third-order valence-corrected chi connectivity index (χ3v) is 6.50. The smallest absolute Gasteiger partial charge is 0.507 e. The van der Waals surface area contributed by atoms with Crippen LogP contribution in [-0.2, 0) is 9.47 Å². The third-order valence-electron chi connectivity index (χ3n) is 6.50. The number of aliphatic hydroxyl groups is 1. The molecule has 2 fully saturated rings. The molecule has 178 valence electrons. The number of nitrogens with one attached hydrogen (secondary N) is 1. The molecule has 2 aromatic carbocycles. The Morgan fingerprint density at radius 3 is 2.91 bits per heavy atom. The number of rotatable bonds is 5. The van der Waals surface area contributed by atoms with Crippen LogP contribution in [0.5, 0.6) is 5.75 Å². The van der Waals surface area contributed by atoms with Gasteiger partial charge in [-0.2, -0.15) is 4.99 Å². The van der Waals surface area contributed by atoms with Crippen molar-refractivity contribution in [1.29, 1.82) is 0 Å². The molecule has 3 heterocycles. The quantitative estimate of drug-likeness (QED) is 0.394. The molecule has 0 amide bonds. The van der Waals surface area contributed by atoms with Crippen LogP contribution < -0.4 is 9.89 Å². The Labute approximate surface area is 198 Å². The van der Waals surface area contributed by atoms with Gasteiger partial charge in [0.05, 0.1) is 24.3 Å². The third kappa shape index (κ3) is 4.92. The van der Waals surface area contributed by atoms with Gasteiger partial charge in [-0.05, 0) is 49.6 Å². The fraction of sp³-hybridized carbons (Fsp3) is 0.423. The number of hydrogen-bond acceptors (Lipinski definition) is 6. The van der Waals surface area contributed by atoms with Crippen LogP contribution in [0.15, 0.2) is 42.5 Å². The van der Waals surface area contributed by atoms with Crippen molar-refractivity contribution in [2.75, 3.05) is 37.7 Å². The maximum Gasteiger partial charge on any atom is 0.545 e. The number of para-hydroxylation sites is 1. The first-order valence-corrected chi connectivity index (χ1v) is 11.9. The van der Waals surface area contributed by atoms with Crippen LogP contribution in [0, 0.1) is 12.8 Å². The predicted octanol–water partition coefficient (Wildman–Crippen LogP) is 2.33. The summed E-state index contributed by atoms with van der Waals surface area (Å²) in [6, 6.07) is 13.4. The average Bonchev–Trinajstić information content (AvgIpc) is 3.35. The lowest BCUT2D eigenvalue weighted by molar-refractivity contribution is -0.488. The van der Waals surface area contributed by atoms with Gasteiger partial charge in [0.1, 0.15) is 17.7 Å². The lowest BCUT2D eigenvalue weighted by Gasteiger charge is -2.32. The molecule has 0 spiro atoms. The van der Waals surface area contributed by atoms with Gasteiger partial charge >= 0.3 is 6.08 Å². The lowest BCUT2D eigenvalue weighted by Crippen LogP contribution is -2.76. The SMILES string of the molecule is Cc1ccc2c(N3CCC[C@H](C[NH+]=C(O)O[C@H]4CCOC4)C3)nc(-c3ccccc3O)nc2c1. The first-order chi connectivity index (χ1) is 16.6. The van der Waals surface area contributed by atoms with Gasteiger partial charge in [-0.3, -0.25) is 0 Å². The van der Waals surface area contributed by atoms with Crippen LogP contribution in [0.1, 0.15) is 24.8 Å². The Morgan fingerprint density at radius 1 is 1.21 bits per heavy atom. The van der Waals surface area contributed by atoms with E-state index in [4.69, 9.17) is 19.4 Å². The summed E-state index contributed by atoms with van der Waals surface area (Å²) in [5, 5.41) is 21.6. The van der Waals surface area contributed by atoms with Crippen molar-refractivity contribution in [3.63, 3.8) is 0 Å². The maximum absolute atomic E-state index is 10.4. The minimum Gasteiger partial charge on any atom is -0.507 e. The van der Waals surface area contributed by atoms with Gasteiger partial charge in [0.2, 0.25) is 0 Å². The number of aromatic nitrogens is 2. The van der Waals surface area contributed by atoms with Crippen LogP contribution in [0.4, 0.5) is 5.82 Å². The van der Waals surface area contributed by atoms with Crippen molar-refractivity contribution in [3.8, 4) is 17.1 Å². The van der Waals surface area contributed by atoms with E-state index in [2.05, 4.69) is 28.1 Å². The molecular weight excluding hydrogens is 432 g/mol. The summed E-state index contributed by atoms with van der Waals surface area (Å²) >= 11 is 0. The highest BCUT2D eigenvalue weighted by atomic mass is 16.6. The summed E-state index contributed by atoms with van der Waals surface area (Å²) in [7, 11) is 0. The van der Waals surface area contributed by atoms with Crippen molar-refractivity contribution in [1.82, 2.24) is 9.97 Å². The largest absolute Gasteiger partial charge is 0.545 e. The molecule has 34 heavy (non-hydrogen) atoms. The number of nitrogens with zero attached hydrogens (tertiary/aromatic N) is 3. The van der Waals surface area contributed by atoms with Crippen LogP contribution >= 0.6 is 0 Å². The number of aryl methyl sites for hydroxylation is 1. The van der Waals surface area contributed by atoms with Gasteiger partial charge in [-0.1, -0.05) is 18.2 Å². The van der Waals surface area contributed by atoms with Gasteiger partial charge in [0.25, 0.3) is 0 Å². The second-order valence-corrected chi connectivity index (χ2v) is 9.15. The molecule has 2 aliphatic heterocycles. The number of hydrogen-bond donors (Lipinski definition) is 3. The fourth-order valence-electron chi connectivity index (χ4n) is 4.71. The number of fused-ring (bicyclic) bond motifs is 1. The second kappa shape index (κ2) is 9.85. The maximum atomic E-state index is 10.4. The van der Waals surface area contributed by atoms with Crippen LogP contribution in [0.2, 0.25) is 0 Å². The fourth-order valence-corrected chi connectivity index (χ4v) is 4.71. The number of phenols is 1. The van der Waals surface area contributed by atoms with Gasteiger partial charge in [0.15, 0.2) is 12.4 Å². The van der Waals surface area contributed by atoms with Gasteiger partial charge in [-0.25, -0.2) is 9.97 Å². The average molecular weight is 464 g/mol. The van der Waals surface area contributed by atoms with Crippen molar-refractivity contribution in [2.45, 2.75) is 32.3 Å². The summed E-state index contributed by atoms with van der Waals surface area (Å²) in [4.78, 5) is 15.0. The molecule has 2 saturated heterocycles. The Bertz CT molecular complexity index is 1190. The van der Waals surface area contributed by atoms with Crippen LogP contribution in [-0.4, -0.2) is 65.2 Å². The zero-order chi connectivity index (χ0) is 23.5. The van der Waals surface area contributed by atoms with E-state index in [9.17, 15) is 10.2 Å². The van der Waals surface area contributed by atoms with E-state index in [1.54, 1.807) is 12.1 Å². The molecule has 0 aliphatic carbocycles. The minimum absolute atomic E-state index is 0.0842. The molecule has 8 heteroatoms. The highest BCUT2D eigenvalue weighted by molar-refractivity contribution is 5.92. The van der Waals surface area contributed by atoms with E-state index in [0.29, 0.717) is 37.1 Å². The number of benzene rings is 2. The summed E-state index contributed by atoms with van der Waals surface area (Å²) in [6.45, 7) is 5.54. The van der Waals surface area contributed by atoms with E-state index in [-0.39, 0.29) is 17.9 Å². The molecule has 8 nitrogen and oxygen atoms in total. The molecule has 0 bridgehead atoms. The minimum atomic E-state index is -0.127. The number of ether oxygens (including phenoxy) is 2. The number of piperidine rings is 1. The van der Waals surface area contributed by atoms with Crippen molar-refractivity contribution >= 4 is 22.8 Å². The summed E-state index contributed by atoms with van der Waals surface area (Å²) in [5.41, 5.74) is 2.61. The van der Waals surface area contributed by atoms with Crippen molar-refractivity contribution < 1.29 is 24.7 Å². The van der Waals surface area contributed by atoms with E-state index in [1.165, 1.54) is 0 Å². The molecule has 3 aromatic rings. The topological polar surface area (TPSA) is 102 Å². The number of phenolic OH excluding ortho intramolecular Hbond substituents is 1. The monoisotopic (exact) mass is 463 g/mol. The molecule has 0 saturated carbocycles. The van der Waals surface area contributed by atoms with E-state index in [1.807, 2.05) is 19.1 Å². The molecule has 1 aromatic heterocycles. The summed E-state index contributed by atoms with van der Waals surface area (Å²) in [6.07, 6.45) is 2.66. The Kier molecular flexibility index (Phi) is 6.49. The van der Waals surface area contributed by atoms with Gasteiger partial charge < -0.3 is 24.6 Å². The first kappa shape index (κ1) is 22.4. The number of aliphatic hydroxyl groups excluding tert-OH is 1.